The van der Waals surface area contributed by atoms with E-state index in [1.165, 1.54) is 6.08 Å². The van der Waals surface area contributed by atoms with Gasteiger partial charge in [0.1, 0.15) is 29.2 Å². The second-order valence-electron chi connectivity index (χ2n) is 9.08. The number of fused-ring (bicyclic) bond motifs is 1. The summed E-state index contributed by atoms with van der Waals surface area (Å²) in [6.07, 6.45) is 2.60. The lowest BCUT2D eigenvalue weighted by Gasteiger charge is -2.25. The van der Waals surface area contributed by atoms with Crippen molar-refractivity contribution >= 4 is 34.8 Å². The quantitative estimate of drug-likeness (QED) is 0.354. The van der Waals surface area contributed by atoms with E-state index in [4.69, 9.17) is 0 Å². The molecule has 2 aromatic carbocycles. The molecule has 3 N–H and O–H groups in total. The molecular weight excluding hydrogens is 482 g/mol. The zero-order valence-electron chi connectivity index (χ0n) is 20.9. The molecular formula is C29H27N5O4. The Bertz CT molecular complexity index is 1470. The van der Waals surface area contributed by atoms with Crippen molar-refractivity contribution in [3.63, 3.8) is 0 Å². The van der Waals surface area contributed by atoms with Crippen LogP contribution >= 0.6 is 0 Å². The Hall–Kier alpha value is -4.80. The highest BCUT2D eigenvalue weighted by molar-refractivity contribution is 5.95. The first-order valence-electron chi connectivity index (χ1n) is 12.3. The normalized spacial score (nSPS) is 15.8. The molecule has 1 fully saturated rings. The number of rotatable bonds is 10. The number of carbonyl (C=O) groups excluding carboxylic acids is 4. The fraction of sp³-hybridized carbons (Fsp3) is 0.276. The van der Waals surface area contributed by atoms with Crippen LogP contribution in [0.2, 0.25) is 0 Å². The average Bonchev–Trinajstić information content (AvgIpc) is 3.38. The summed E-state index contributed by atoms with van der Waals surface area (Å²) in [6.45, 7) is 2.33. The fourth-order valence-corrected chi connectivity index (χ4v) is 4.59. The van der Waals surface area contributed by atoms with E-state index in [1.54, 1.807) is 18.9 Å². The van der Waals surface area contributed by atoms with Gasteiger partial charge in [-0.3, -0.25) is 4.79 Å². The lowest BCUT2D eigenvalue weighted by atomic mass is 9.95. The third-order valence-electron chi connectivity index (χ3n) is 6.48. The molecule has 0 radical (unpaired) electrons. The highest BCUT2D eigenvalue weighted by Crippen LogP contribution is 2.23. The van der Waals surface area contributed by atoms with E-state index < -0.39 is 18.0 Å². The monoisotopic (exact) mass is 509 g/mol. The zero-order valence-corrected chi connectivity index (χ0v) is 20.9. The molecule has 1 aliphatic heterocycles. The van der Waals surface area contributed by atoms with Gasteiger partial charge in [-0.1, -0.05) is 42.5 Å². The van der Waals surface area contributed by atoms with Crippen molar-refractivity contribution in [1.29, 1.82) is 0 Å². The maximum Gasteiger partial charge on any atom is 0.272 e. The predicted molar refractivity (Wildman–Crippen MR) is 142 cm³/mol. The lowest BCUT2D eigenvalue weighted by molar-refractivity contribution is 0.0935. The van der Waals surface area contributed by atoms with Crippen molar-refractivity contribution in [3.05, 3.63) is 89.0 Å². The van der Waals surface area contributed by atoms with Gasteiger partial charge in [0.2, 0.25) is 0 Å². The molecule has 3 aromatic rings. The molecule has 0 unspecified atom stereocenters. The maximum atomic E-state index is 13.4. The number of hydrogen-bond acceptors (Lipinski definition) is 8. The van der Waals surface area contributed by atoms with Crippen molar-refractivity contribution in [3.8, 4) is 0 Å². The van der Waals surface area contributed by atoms with Gasteiger partial charge in [0.15, 0.2) is 0 Å². The van der Waals surface area contributed by atoms with Crippen molar-refractivity contribution in [1.82, 2.24) is 25.9 Å². The number of aromatic nitrogens is 2. The Labute approximate surface area is 219 Å². The average molecular weight is 510 g/mol. The molecule has 1 aliphatic rings. The number of para-hydroxylation sites is 2. The number of benzene rings is 2. The molecule has 9 heteroatoms. The zero-order chi connectivity index (χ0) is 26.9. The van der Waals surface area contributed by atoms with Gasteiger partial charge in [0, 0.05) is 18.5 Å². The van der Waals surface area contributed by atoms with Gasteiger partial charge in [-0.15, -0.1) is 0 Å². The van der Waals surface area contributed by atoms with Crippen LogP contribution in [0.4, 0.5) is 0 Å². The van der Waals surface area contributed by atoms with Gasteiger partial charge in [0.25, 0.3) is 5.91 Å². The Morgan fingerprint density at radius 2 is 1.76 bits per heavy atom. The van der Waals surface area contributed by atoms with E-state index in [9.17, 15) is 19.2 Å². The van der Waals surface area contributed by atoms with Gasteiger partial charge in [-0.25, -0.2) is 24.4 Å². The van der Waals surface area contributed by atoms with Crippen LogP contribution in [-0.4, -0.2) is 52.3 Å². The molecule has 2 heterocycles. The van der Waals surface area contributed by atoms with Gasteiger partial charge in [-0.2, -0.15) is 0 Å². The number of carbonyl (C=O) groups is 1. The minimum absolute atomic E-state index is 0.0627. The molecule has 1 amide bonds. The number of amides is 1. The molecule has 192 valence electrons. The van der Waals surface area contributed by atoms with E-state index in [2.05, 4.69) is 25.9 Å². The largest absolute Gasteiger partial charge is 0.379 e. The molecule has 1 aromatic heterocycles. The molecule has 0 saturated carbocycles. The number of nitrogens with one attached hydrogen (secondary N) is 3. The van der Waals surface area contributed by atoms with Crippen LogP contribution in [0, 0.1) is 12.8 Å². The summed E-state index contributed by atoms with van der Waals surface area (Å²) >= 11 is 0. The lowest BCUT2D eigenvalue weighted by Crippen LogP contribution is -2.45. The van der Waals surface area contributed by atoms with Gasteiger partial charge in [0.05, 0.1) is 34.5 Å². The molecule has 0 aliphatic carbocycles. The molecule has 0 spiro atoms. The molecule has 3 atom stereocenters. The smallest absolute Gasteiger partial charge is 0.272 e. The number of allylic oxidation sites excluding steroid dienone is 1. The van der Waals surface area contributed by atoms with Crippen LogP contribution in [0.5, 0.6) is 0 Å². The summed E-state index contributed by atoms with van der Waals surface area (Å²) in [7, 11) is 0. The maximum absolute atomic E-state index is 13.4. The summed E-state index contributed by atoms with van der Waals surface area (Å²) in [5, 5.41) is 8.94. The van der Waals surface area contributed by atoms with Crippen molar-refractivity contribution in [2.45, 2.75) is 38.3 Å². The van der Waals surface area contributed by atoms with Crippen molar-refractivity contribution < 1.29 is 19.2 Å². The van der Waals surface area contributed by atoms with E-state index in [-0.39, 0.29) is 23.7 Å². The van der Waals surface area contributed by atoms with Crippen LogP contribution in [0.15, 0.2) is 72.1 Å². The summed E-state index contributed by atoms with van der Waals surface area (Å²) < 4.78 is 0. The molecule has 1 saturated heterocycles. The second-order valence-corrected chi connectivity index (χ2v) is 9.08. The highest BCUT2D eigenvalue weighted by Gasteiger charge is 2.28. The third kappa shape index (κ3) is 6.30. The van der Waals surface area contributed by atoms with E-state index in [0.29, 0.717) is 41.8 Å². The third-order valence-corrected chi connectivity index (χ3v) is 6.48. The standard InChI is InChI=1S/C29H27N5O4/c1-19-28(33-24-10-6-5-9-23(24)31-19)29(38)34-25(15-20-7-3-2-4-8-20)27(18-37)32-22(12-14-35)16-21-11-13-30-26(21)17-36/h2-10,12,21-22,25,30,32H,11,13,15-16H2,1H3,(H,34,38)/t21-,22+,25-/m0/s1. The first kappa shape index (κ1) is 26.3. The summed E-state index contributed by atoms with van der Waals surface area (Å²) in [5.74, 6) is 4.95. The second kappa shape index (κ2) is 12.4. The minimum atomic E-state index is -0.805. The molecule has 0 bridgehead atoms. The Morgan fingerprint density at radius 3 is 2.45 bits per heavy atom. The van der Waals surface area contributed by atoms with Crippen molar-refractivity contribution in [2.75, 3.05) is 6.54 Å². The Balaban J connectivity index is 1.61. The summed E-state index contributed by atoms with van der Waals surface area (Å²) in [4.78, 5) is 57.1. The Morgan fingerprint density at radius 1 is 1.05 bits per heavy atom. The van der Waals surface area contributed by atoms with E-state index in [0.717, 1.165) is 5.56 Å². The van der Waals surface area contributed by atoms with Crippen LogP contribution in [0.1, 0.15) is 34.6 Å². The van der Waals surface area contributed by atoms with E-state index in [1.807, 2.05) is 60.4 Å². The summed E-state index contributed by atoms with van der Waals surface area (Å²) in [6, 6.07) is 15.2. The minimum Gasteiger partial charge on any atom is -0.379 e. The number of hydrogen-bond donors (Lipinski definition) is 3. The topological polar surface area (TPSA) is 130 Å². The van der Waals surface area contributed by atoms with Crippen LogP contribution < -0.4 is 16.0 Å². The van der Waals surface area contributed by atoms with Gasteiger partial charge >= 0.3 is 0 Å². The molecule has 4 rings (SSSR count). The SMILES string of the molecule is Cc1nc2ccccc2nc1C(=O)N[C@@H](Cc1ccccc1)C(=C=O)N[C@H](C=C=O)C[C@@H]1CCNC1=C=O. The van der Waals surface area contributed by atoms with Gasteiger partial charge in [-0.05, 0) is 43.9 Å². The number of nitrogens with zero attached hydrogens (tertiary/aromatic N) is 2. The molecule has 38 heavy (non-hydrogen) atoms. The van der Waals surface area contributed by atoms with Crippen molar-refractivity contribution in [2.24, 2.45) is 5.92 Å². The first-order valence-corrected chi connectivity index (χ1v) is 12.3. The van der Waals surface area contributed by atoms with Gasteiger partial charge < -0.3 is 16.0 Å². The van der Waals surface area contributed by atoms with E-state index >= 15 is 0 Å². The van der Waals surface area contributed by atoms with Crippen LogP contribution in [-0.2, 0) is 20.8 Å². The highest BCUT2D eigenvalue weighted by atomic mass is 16.2. The predicted octanol–water partition coefficient (Wildman–Crippen LogP) is 2.06. The van der Waals surface area contributed by atoms with Crippen LogP contribution in [0.25, 0.3) is 11.0 Å². The van der Waals surface area contributed by atoms with Crippen LogP contribution in [0.3, 0.4) is 0 Å². The first-order chi connectivity index (χ1) is 18.5. The molecule has 9 nitrogen and oxygen atoms in total. The summed E-state index contributed by atoms with van der Waals surface area (Å²) in [5.41, 5.74) is 3.22. The Kier molecular flexibility index (Phi) is 8.60. The fourth-order valence-electron chi connectivity index (χ4n) is 4.59. The number of aryl methyl sites for hydroxylation is 1.